The molecule has 0 atom stereocenters. The summed E-state index contributed by atoms with van der Waals surface area (Å²) in [5, 5.41) is 0. The van der Waals surface area contributed by atoms with E-state index in [0.29, 0.717) is 28.4 Å². The normalized spacial score (nSPS) is 11.7. The second-order valence-corrected chi connectivity index (χ2v) is 9.36. The first-order chi connectivity index (χ1) is 18.5. The van der Waals surface area contributed by atoms with Gasteiger partial charge in [0, 0.05) is 5.56 Å². The summed E-state index contributed by atoms with van der Waals surface area (Å²) in [6.07, 6.45) is -1.60. The smallest absolute Gasteiger partial charge is 0.493 e. The third-order valence-electron chi connectivity index (χ3n) is 5.32. The molecule has 3 aromatic rings. The summed E-state index contributed by atoms with van der Waals surface area (Å²) >= 11 is 0. The SMILES string of the molecule is COc1cc(C=Cc2ccc(OC)c(OC)c2NS(=O)(=O)c2ccc(OC(F)(F)F)cc2)cc(OC)c1OC. The predicted octanol–water partition coefficient (Wildman–Crippen LogP) is 5.60. The molecular formula is C26H26F3NO8S. The molecule has 0 aromatic heterocycles. The van der Waals surface area contributed by atoms with E-state index in [-0.39, 0.29) is 22.1 Å². The quantitative estimate of drug-likeness (QED) is 0.298. The summed E-state index contributed by atoms with van der Waals surface area (Å²) in [7, 11) is 2.89. The highest BCUT2D eigenvalue weighted by atomic mass is 32.2. The van der Waals surface area contributed by atoms with E-state index in [1.165, 1.54) is 35.5 Å². The molecule has 0 radical (unpaired) electrons. The Kier molecular flexibility index (Phi) is 9.07. The fraction of sp³-hybridized carbons (Fsp3) is 0.231. The molecule has 13 heteroatoms. The van der Waals surface area contributed by atoms with E-state index in [1.54, 1.807) is 36.4 Å². The number of alkyl halides is 3. The fourth-order valence-electron chi connectivity index (χ4n) is 3.58. The van der Waals surface area contributed by atoms with Crippen molar-refractivity contribution in [2.24, 2.45) is 0 Å². The van der Waals surface area contributed by atoms with Crippen LogP contribution in [0.2, 0.25) is 0 Å². The van der Waals surface area contributed by atoms with Crippen LogP contribution in [0.15, 0.2) is 53.4 Å². The average molecular weight is 570 g/mol. The molecule has 0 saturated heterocycles. The van der Waals surface area contributed by atoms with Gasteiger partial charge in [0.15, 0.2) is 23.0 Å². The summed E-state index contributed by atoms with van der Waals surface area (Å²) in [5.41, 5.74) is 1.08. The number of rotatable bonds is 11. The van der Waals surface area contributed by atoms with Crippen molar-refractivity contribution in [1.82, 2.24) is 0 Å². The molecule has 210 valence electrons. The van der Waals surface area contributed by atoms with Crippen LogP contribution in [0.5, 0.6) is 34.5 Å². The zero-order valence-corrected chi connectivity index (χ0v) is 22.4. The van der Waals surface area contributed by atoms with Crippen LogP contribution in [0.4, 0.5) is 18.9 Å². The molecule has 0 amide bonds. The van der Waals surface area contributed by atoms with Crippen molar-refractivity contribution in [3.05, 3.63) is 59.7 Å². The first kappa shape index (κ1) is 29.3. The third-order valence-corrected chi connectivity index (χ3v) is 6.69. The third kappa shape index (κ3) is 6.99. The molecule has 0 aliphatic rings. The van der Waals surface area contributed by atoms with Crippen LogP contribution < -0.4 is 33.1 Å². The average Bonchev–Trinajstić information content (AvgIpc) is 2.90. The van der Waals surface area contributed by atoms with E-state index in [9.17, 15) is 21.6 Å². The molecule has 3 aromatic carbocycles. The van der Waals surface area contributed by atoms with Crippen LogP contribution in [0.1, 0.15) is 11.1 Å². The molecule has 0 fully saturated rings. The number of methoxy groups -OCH3 is 5. The minimum absolute atomic E-state index is 0.0381. The van der Waals surface area contributed by atoms with Gasteiger partial charge in [0.2, 0.25) is 5.75 Å². The van der Waals surface area contributed by atoms with Crippen LogP contribution >= 0.6 is 0 Å². The lowest BCUT2D eigenvalue weighted by Gasteiger charge is -2.17. The van der Waals surface area contributed by atoms with Gasteiger partial charge in [-0.15, -0.1) is 13.2 Å². The van der Waals surface area contributed by atoms with Crippen LogP contribution in [-0.2, 0) is 10.0 Å². The molecule has 0 heterocycles. The van der Waals surface area contributed by atoms with Crippen molar-refractivity contribution >= 4 is 27.9 Å². The van der Waals surface area contributed by atoms with Crippen molar-refractivity contribution in [3.63, 3.8) is 0 Å². The van der Waals surface area contributed by atoms with Gasteiger partial charge in [-0.2, -0.15) is 0 Å². The van der Waals surface area contributed by atoms with Gasteiger partial charge >= 0.3 is 6.36 Å². The van der Waals surface area contributed by atoms with Crippen molar-refractivity contribution in [2.75, 3.05) is 40.3 Å². The summed E-state index contributed by atoms with van der Waals surface area (Å²) < 4.78 is 96.9. The van der Waals surface area contributed by atoms with E-state index in [1.807, 2.05) is 0 Å². The zero-order chi connectivity index (χ0) is 28.8. The number of benzene rings is 3. The van der Waals surface area contributed by atoms with Crippen molar-refractivity contribution in [1.29, 1.82) is 0 Å². The standard InChI is InChI=1S/C26H26F3NO8S/c1-33-20-13-8-17(7-6-16-14-21(34-2)24(36-4)22(15-16)35-3)23(25(20)37-5)30-39(31,32)19-11-9-18(10-12-19)38-26(27,28)29/h6-15,30H,1-5H3. The summed E-state index contributed by atoms with van der Waals surface area (Å²) in [5.74, 6) is 1.02. The zero-order valence-electron chi connectivity index (χ0n) is 21.6. The van der Waals surface area contributed by atoms with Crippen molar-refractivity contribution < 1.29 is 50.0 Å². The molecule has 39 heavy (non-hydrogen) atoms. The van der Waals surface area contributed by atoms with E-state index in [2.05, 4.69) is 9.46 Å². The lowest BCUT2D eigenvalue weighted by Crippen LogP contribution is -2.17. The molecule has 0 spiro atoms. The Morgan fingerprint density at radius 3 is 1.77 bits per heavy atom. The van der Waals surface area contributed by atoms with Gasteiger partial charge in [-0.1, -0.05) is 12.2 Å². The Morgan fingerprint density at radius 1 is 0.718 bits per heavy atom. The molecule has 0 aliphatic heterocycles. The van der Waals surface area contributed by atoms with E-state index >= 15 is 0 Å². The van der Waals surface area contributed by atoms with Gasteiger partial charge in [0.05, 0.1) is 40.4 Å². The van der Waals surface area contributed by atoms with Gasteiger partial charge in [-0.05, 0) is 54.1 Å². The predicted molar refractivity (Wildman–Crippen MR) is 139 cm³/mol. The molecule has 0 saturated carbocycles. The fourth-order valence-corrected chi connectivity index (χ4v) is 4.68. The molecular weight excluding hydrogens is 543 g/mol. The van der Waals surface area contributed by atoms with Gasteiger partial charge < -0.3 is 28.4 Å². The number of ether oxygens (including phenoxy) is 6. The van der Waals surface area contributed by atoms with Crippen LogP contribution in [-0.4, -0.2) is 50.3 Å². The monoisotopic (exact) mass is 569 g/mol. The summed E-state index contributed by atoms with van der Waals surface area (Å²) in [4.78, 5) is -0.304. The Balaban J connectivity index is 2.04. The maximum absolute atomic E-state index is 13.2. The highest BCUT2D eigenvalue weighted by Gasteiger charge is 2.31. The van der Waals surface area contributed by atoms with Crippen LogP contribution in [0, 0.1) is 0 Å². The number of anilines is 1. The molecule has 0 aliphatic carbocycles. The van der Waals surface area contributed by atoms with Gasteiger partial charge in [0.25, 0.3) is 10.0 Å². The van der Waals surface area contributed by atoms with E-state index < -0.39 is 22.1 Å². The summed E-state index contributed by atoms with van der Waals surface area (Å²) in [6, 6.07) is 10.4. The van der Waals surface area contributed by atoms with Crippen molar-refractivity contribution in [2.45, 2.75) is 11.3 Å². The molecule has 3 rings (SSSR count). The molecule has 1 N–H and O–H groups in total. The largest absolute Gasteiger partial charge is 0.573 e. The second kappa shape index (κ2) is 12.1. The lowest BCUT2D eigenvalue weighted by atomic mass is 10.1. The van der Waals surface area contributed by atoms with Gasteiger partial charge in [-0.3, -0.25) is 4.72 Å². The number of nitrogens with one attached hydrogen (secondary N) is 1. The van der Waals surface area contributed by atoms with Gasteiger partial charge in [0.1, 0.15) is 11.4 Å². The highest BCUT2D eigenvalue weighted by Crippen LogP contribution is 2.41. The van der Waals surface area contributed by atoms with Gasteiger partial charge in [-0.25, -0.2) is 8.42 Å². The maximum atomic E-state index is 13.2. The molecule has 0 bridgehead atoms. The number of sulfonamides is 1. The minimum Gasteiger partial charge on any atom is -0.493 e. The Labute approximate surface area is 223 Å². The Hall–Kier alpha value is -4.26. The topological polar surface area (TPSA) is 102 Å². The first-order valence-electron chi connectivity index (χ1n) is 11.1. The first-order valence-corrected chi connectivity index (χ1v) is 12.6. The summed E-state index contributed by atoms with van der Waals surface area (Å²) in [6.45, 7) is 0. The Bertz CT molecular complexity index is 1410. The maximum Gasteiger partial charge on any atom is 0.573 e. The molecule has 9 nitrogen and oxygen atoms in total. The lowest BCUT2D eigenvalue weighted by molar-refractivity contribution is -0.274. The number of hydrogen-bond acceptors (Lipinski definition) is 8. The van der Waals surface area contributed by atoms with Crippen molar-refractivity contribution in [3.8, 4) is 34.5 Å². The van der Waals surface area contributed by atoms with Crippen LogP contribution in [0.3, 0.4) is 0 Å². The molecule has 0 unspecified atom stereocenters. The number of hydrogen-bond donors (Lipinski definition) is 1. The highest BCUT2D eigenvalue weighted by molar-refractivity contribution is 7.92. The Morgan fingerprint density at radius 2 is 1.28 bits per heavy atom. The van der Waals surface area contributed by atoms with E-state index in [4.69, 9.17) is 23.7 Å². The minimum atomic E-state index is -4.91. The second-order valence-electron chi connectivity index (χ2n) is 7.68. The number of halogens is 3. The van der Waals surface area contributed by atoms with E-state index in [0.717, 1.165) is 24.3 Å². The van der Waals surface area contributed by atoms with Crippen LogP contribution in [0.25, 0.3) is 12.2 Å².